The van der Waals surface area contributed by atoms with Crippen molar-refractivity contribution in [3.05, 3.63) is 48.2 Å². The molecular weight excluding hydrogens is 334 g/mol. The fourth-order valence-corrected chi connectivity index (χ4v) is 3.17. The number of imide groups is 1. The normalized spacial score (nSPS) is 15.3. The van der Waals surface area contributed by atoms with Crippen molar-refractivity contribution in [3.63, 3.8) is 0 Å². The molecule has 0 unspecified atom stereocenters. The van der Waals surface area contributed by atoms with Crippen LogP contribution in [0.15, 0.2) is 42.5 Å². The number of amides is 3. The van der Waals surface area contributed by atoms with Crippen molar-refractivity contribution in [2.45, 2.75) is 13.0 Å². The summed E-state index contributed by atoms with van der Waals surface area (Å²) in [7, 11) is 0. The van der Waals surface area contributed by atoms with Crippen LogP contribution < -0.4 is 5.32 Å². The molecule has 0 bridgehead atoms. The number of hydrogen-bond acceptors (Lipinski definition) is 4. The average molecular weight is 351 g/mol. The van der Waals surface area contributed by atoms with E-state index in [0.717, 1.165) is 26.6 Å². The molecule has 3 amide bonds. The smallest absolute Gasteiger partial charge is 0.355 e. The highest BCUT2D eigenvalue weighted by atomic mass is 16.5. The van der Waals surface area contributed by atoms with Gasteiger partial charge in [0.2, 0.25) is 0 Å². The number of urea groups is 1. The number of fused-ring (bicyclic) bond motifs is 3. The summed E-state index contributed by atoms with van der Waals surface area (Å²) in [4.78, 5) is 40.3. The summed E-state index contributed by atoms with van der Waals surface area (Å²) in [6.07, 6.45) is -1.05. The summed E-state index contributed by atoms with van der Waals surface area (Å²) in [6, 6.07) is 13.0. The molecule has 4 rings (SSSR count). The van der Waals surface area contributed by atoms with Crippen molar-refractivity contribution in [3.8, 4) is 0 Å². The number of nitrogens with zero attached hydrogens (tertiary/aromatic N) is 1. The number of aromatic amines is 1. The van der Waals surface area contributed by atoms with E-state index in [1.54, 1.807) is 6.07 Å². The van der Waals surface area contributed by atoms with Gasteiger partial charge >= 0.3 is 12.0 Å². The Bertz CT molecular complexity index is 1040. The molecule has 2 N–H and O–H groups in total. The maximum Gasteiger partial charge on any atom is 0.355 e. The molecule has 1 saturated heterocycles. The van der Waals surface area contributed by atoms with E-state index in [-0.39, 0.29) is 12.2 Å². The molecule has 2 aromatic carbocycles. The largest absolute Gasteiger partial charge is 0.448 e. The van der Waals surface area contributed by atoms with Crippen LogP contribution in [0.25, 0.3) is 21.7 Å². The van der Waals surface area contributed by atoms with Gasteiger partial charge in [0.25, 0.3) is 5.91 Å². The van der Waals surface area contributed by atoms with Crippen molar-refractivity contribution in [1.82, 2.24) is 15.2 Å². The third kappa shape index (κ3) is 2.67. The Labute approximate surface area is 148 Å². The van der Waals surface area contributed by atoms with Gasteiger partial charge in [-0.1, -0.05) is 30.3 Å². The minimum absolute atomic E-state index is 0.266. The lowest BCUT2D eigenvalue weighted by molar-refractivity contribution is -0.136. The van der Waals surface area contributed by atoms with E-state index in [2.05, 4.69) is 10.3 Å². The summed E-state index contributed by atoms with van der Waals surface area (Å²) in [5.41, 5.74) is 1.08. The quantitative estimate of drug-likeness (QED) is 0.709. The van der Waals surface area contributed by atoms with Crippen molar-refractivity contribution in [2.75, 3.05) is 13.1 Å². The summed E-state index contributed by atoms with van der Waals surface area (Å²) >= 11 is 0. The van der Waals surface area contributed by atoms with Gasteiger partial charge in [-0.2, -0.15) is 0 Å². The number of benzene rings is 2. The van der Waals surface area contributed by atoms with Crippen molar-refractivity contribution in [2.24, 2.45) is 0 Å². The van der Waals surface area contributed by atoms with E-state index >= 15 is 0 Å². The van der Waals surface area contributed by atoms with E-state index in [1.807, 2.05) is 36.4 Å². The van der Waals surface area contributed by atoms with Crippen LogP contribution >= 0.6 is 0 Å². The molecule has 0 spiro atoms. The van der Waals surface area contributed by atoms with E-state index < -0.39 is 24.0 Å². The Morgan fingerprint density at radius 3 is 2.73 bits per heavy atom. The molecule has 1 fully saturated rings. The van der Waals surface area contributed by atoms with Gasteiger partial charge in [-0.25, -0.2) is 9.59 Å². The van der Waals surface area contributed by atoms with Gasteiger partial charge in [-0.05, 0) is 29.8 Å². The Balaban J connectivity index is 1.57. The molecule has 3 aromatic rings. The van der Waals surface area contributed by atoms with Crippen LogP contribution in [-0.2, 0) is 9.53 Å². The molecule has 1 aliphatic rings. The molecule has 132 valence electrons. The molecule has 1 aromatic heterocycles. The van der Waals surface area contributed by atoms with Crippen molar-refractivity contribution < 1.29 is 19.1 Å². The zero-order chi connectivity index (χ0) is 18.3. The van der Waals surface area contributed by atoms with E-state index in [0.29, 0.717) is 6.54 Å². The van der Waals surface area contributed by atoms with Gasteiger partial charge in [0.15, 0.2) is 6.10 Å². The number of aromatic nitrogens is 1. The summed E-state index contributed by atoms with van der Waals surface area (Å²) in [5, 5.41) is 5.55. The Hall–Kier alpha value is -3.35. The first-order chi connectivity index (χ1) is 12.5. The number of nitrogens with one attached hydrogen (secondary N) is 2. The third-order valence-corrected chi connectivity index (χ3v) is 4.50. The maximum absolute atomic E-state index is 12.4. The molecule has 2 heterocycles. The van der Waals surface area contributed by atoms with Crippen molar-refractivity contribution >= 4 is 39.6 Å². The molecule has 7 nitrogen and oxygen atoms in total. The summed E-state index contributed by atoms with van der Waals surface area (Å²) in [5.74, 6) is -1.17. The zero-order valence-electron chi connectivity index (χ0n) is 14.1. The zero-order valence-corrected chi connectivity index (χ0v) is 14.1. The first-order valence-corrected chi connectivity index (χ1v) is 8.35. The number of rotatable bonds is 3. The Morgan fingerprint density at radius 1 is 1.15 bits per heavy atom. The standard InChI is InChI=1S/C19H17N3O4/c1-11(17(23)22-9-8-20-19(22)25)26-18(24)16-10-14-13-5-3-2-4-12(13)6-7-15(14)21-16/h2-7,10-11,21H,8-9H2,1H3,(H,20,25)/t11-/m1/s1. The first-order valence-electron chi connectivity index (χ1n) is 8.35. The topological polar surface area (TPSA) is 91.5 Å². The van der Waals surface area contributed by atoms with Crippen LogP contribution in [0.5, 0.6) is 0 Å². The van der Waals surface area contributed by atoms with E-state index in [9.17, 15) is 14.4 Å². The highest BCUT2D eigenvalue weighted by Crippen LogP contribution is 2.26. The molecule has 1 atom stereocenters. The van der Waals surface area contributed by atoms with E-state index in [1.165, 1.54) is 6.92 Å². The van der Waals surface area contributed by atoms with Crippen molar-refractivity contribution in [1.29, 1.82) is 0 Å². The summed E-state index contributed by atoms with van der Waals surface area (Å²) < 4.78 is 5.26. The Kier molecular flexibility index (Phi) is 3.84. The minimum Gasteiger partial charge on any atom is -0.448 e. The van der Waals surface area contributed by atoms with Gasteiger partial charge in [0, 0.05) is 24.0 Å². The van der Waals surface area contributed by atoms with Crippen LogP contribution in [0.2, 0.25) is 0 Å². The number of H-pyrrole nitrogens is 1. The highest BCUT2D eigenvalue weighted by Gasteiger charge is 2.32. The van der Waals surface area contributed by atoms with E-state index in [4.69, 9.17) is 4.74 Å². The monoisotopic (exact) mass is 351 g/mol. The lowest BCUT2D eigenvalue weighted by atomic mass is 10.1. The molecule has 0 aliphatic carbocycles. The van der Waals surface area contributed by atoms with Gasteiger partial charge in [-0.3, -0.25) is 9.69 Å². The molecule has 7 heteroatoms. The summed E-state index contributed by atoms with van der Waals surface area (Å²) in [6.45, 7) is 2.14. The van der Waals surface area contributed by atoms with Gasteiger partial charge in [0.05, 0.1) is 0 Å². The van der Waals surface area contributed by atoms with Crippen LogP contribution in [0.1, 0.15) is 17.4 Å². The predicted octanol–water partition coefficient (Wildman–Crippen LogP) is 2.42. The average Bonchev–Trinajstić information content (AvgIpc) is 3.27. The van der Waals surface area contributed by atoms with Gasteiger partial charge in [-0.15, -0.1) is 0 Å². The fraction of sp³-hybridized carbons (Fsp3) is 0.211. The number of carbonyl (C=O) groups is 3. The predicted molar refractivity (Wildman–Crippen MR) is 95.8 cm³/mol. The highest BCUT2D eigenvalue weighted by molar-refractivity contribution is 6.09. The number of esters is 1. The maximum atomic E-state index is 12.4. The molecule has 0 saturated carbocycles. The van der Waals surface area contributed by atoms with Crippen LogP contribution in [0, 0.1) is 0 Å². The lowest BCUT2D eigenvalue weighted by Gasteiger charge is -2.17. The lowest BCUT2D eigenvalue weighted by Crippen LogP contribution is -2.41. The fourth-order valence-electron chi connectivity index (χ4n) is 3.17. The molecule has 1 aliphatic heterocycles. The van der Waals surface area contributed by atoms with Crippen LogP contribution in [0.4, 0.5) is 4.79 Å². The number of hydrogen-bond donors (Lipinski definition) is 2. The van der Waals surface area contributed by atoms with Gasteiger partial charge < -0.3 is 15.0 Å². The molecule has 0 radical (unpaired) electrons. The van der Waals surface area contributed by atoms with Gasteiger partial charge in [0.1, 0.15) is 5.69 Å². The molecule has 26 heavy (non-hydrogen) atoms. The SMILES string of the molecule is C[C@@H](OC(=O)c1cc2c(ccc3ccccc32)[nH]1)C(=O)N1CCNC1=O. The molecular formula is C19H17N3O4. The first kappa shape index (κ1) is 16.1. The number of ether oxygens (including phenoxy) is 1. The second kappa shape index (κ2) is 6.18. The third-order valence-electron chi connectivity index (χ3n) is 4.50. The minimum atomic E-state index is -1.05. The Morgan fingerprint density at radius 2 is 1.96 bits per heavy atom. The van der Waals surface area contributed by atoms with Crippen LogP contribution in [0.3, 0.4) is 0 Å². The number of carbonyl (C=O) groups excluding carboxylic acids is 3. The van der Waals surface area contributed by atoms with Crippen LogP contribution in [-0.4, -0.2) is 47.0 Å². The second-order valence-corrected chi connectivity index (χ2v) is 6.20. The second-order valence-electron chi connectivity index (χ2n) is 6.20.